The van der Waals surface area contributed by atoms with Crippen LogP contribution >= 0.6 is 0 Å². The smallest absolute Gasteiger partial charge is 0.373 e. The van der Waals surface area contributed by atoms with Gasteiger partial charge >= 0.3 is 6.18 Å². The van der Waals surface area contributed by atoms with Gasteiger partial charge in [-0.1, -0.05) is 30.3 Å². The van der Waals surface area contributed by atoms with Crippen LogP contribution in [0.2, 0.25) is 0 Å². The number of benzene rings is 1. The van der Waals surface area contributed by atoms with Crippen molar-refractivity contribution in [2.45, 2.75) is 31.8 Å². The van der Waals surface area contributed by atoms with E-state index < -0.39 is 17.7 Å². The fourth-order valence-corrected chi connectivity index (χ4v) is 2.56. The highest BCUT2D eigenvalue weighted by Crippen LogP contribution is 2.32. The van der Waals surface area contributed by atoms with E-state index in [0.29, 0.717) is 18.6 Å². The zero-order chi connectivity index (χ0) is 17.5. The van der Waals surface area contributed by atoms with Crippen LogP contribution in [0.25, 0.3) is 11.4 Å². The van der Waals surface area contributed by atoms with Crippen LogP contribution in [0.3, 0.4) is 0 Å². The third-order valence-electron chi connectivity index (χ3n) is 4.04. The standard InChI is InChI=1S/C15H15F3N4O2/c1-14(24,15(16,17)18)13(23)21-7-8-22-11(9-21)19-20-12(22)10-5-3-2-4-6-10/h2-6,24H,7-9H2,1H3/t14-/m1/s1. The lowest BCUT2D eigenvalue weighted by Crippen LogP contribution is -2.57. The minimum Gasteiger partial charge on any atom is -0.373 e. The van der Waals surface area contributed by atoms with Gasteiger partial charge in [0.25, 0.3) is 5.91 Å². The van der Waals surface area contributed by atoms with Crippen molar-refractivity contribution in [3.05, 3.63) is 36.2 Å². The molecule has 0 fully saturated rings. The van der Waals surface area contributed by atoms with Crippen molar-refractivity contribution in [2.75, 3.05) is 6.54 Å². The third-order valence-corrected chi connectivity index (χ3v) is 4.04. The summed E-state index contributed by atoms with van der Waals surface area (Å²) in [4.78, 5) is 13.0. The predicted molar refractivity (Wildman–Crippen MR) is 77.6 cm³/mol. The van der Waals surface area contributed by atoms with E-state index >= 15 is 0 Å². The minimum atomic E-state index is -5.04. The van der Waals surface area contributed by atoms with Crippen LogP contribution in [0.4, 0.5) is 13.2 Å². The Kier molecular flexibility index (Phi) is 3.83. The van der Waals surface area contributed by atoms with Gasteiger partial charge in [-0.15, -0.1) is 10.2 Å². The van der Waals surface area contributed by atoms with Crippen molar-refractivity contribution in [3.63, 3.8) is 0 Å². The maximum Gasteiger partial charge on any atom is 0.426 e. The summed E-state index contributed by atoms with van der Waals surface area (Å²) in [5.41, 5.74) is -2.59. The molecule has 0 unspecified atom stereocenters. The Hall–Kier alpha value is -2.42. The number of carbonyl (C=O) groups excluding carboxylic acids is 1. The van der Waals surface area contributed by atoms with Crippen LogP contribution < -0.4 is 0 Å². The molecule has 6 nitrogen and oxygen atoms in total. The van der Waals surface area contributed by atoms with E-state index in [2.05, 4.69) is 10.2 Å². The van der Waals surface area contributed by atoms with E-state index in [1.165, 1.54) is 0 Å². The number of hydrogen-bond donors (Lipinski definition) is 1. The second-order valence-corrected chi connectivity index (χ2v) is 5.75. The summed E-state index contributed by atoms with van der Waals surface area (Å²) in [6, 6.07) is 9.25. The molecule has 2 heterocycles. The number of carbonyl (C=O) groups is 1. The molecule has 0 radical (unpaired) electrons. The van der Waals surface area contributed by atoms with E-state index in [9.17, 15) is 23.1 Å². The molecule has 0 spiro atoms. The van der Waals surface area contributed by atoms with Gasteiger partial charge in [-0.05, 0) is 6.92 Å². The van der Waals surface area contributed by atoms with Gasteiger partial charge in [0, 0.05) is 18.7 Å². The molecule has 1 amide bonds. The average molecular weight is 340 g/mol. The van der Waals surface area contributed by atoms with Crippen LogP contribution in [0.5, 0.6) is 0 Å². The summed E-state index contributed by atoms with van der Waals surface area (Å²) < 4.78 is 40.3. The summed E-state index contributed by atoms with van der Waals surface area (Å²) in [7, 11) is 0. The maximum atomic E-state index is 12.8. The van der Waals surface area contributed by atoms with E-state index in [1.54, 1.807) is 4.57 Å². The lowest BCUT2D eigenvalue weighted by Gasteiger charge is -2.34. The van der Waals surface area contributed by atoms with Gasteiger partial charge in [-0.3, -0.25) is 4.79 Å². The summed E-state index contributed by atoms with van der Waals surface area (Å²) in [6.45, 7) is 0.622. The Morgan fingerprint density at radius 1 is 1.17 bits per heavy atom. The second-order valence-electron chi connectivity index (χ2n) is 5.75. The molecule has 1 aliphatic heterocycles. The summed E-state index contributed by atoms with van der Waals surface area (Å²) in [5, 5.41) is 17.6. The molecular weight excluding hydrogens is 325 g/mol. The normalized spacial score (nSPS) is 17.3. The van der Waals surface area contributed by atoms with Crippen molar-refractivity contribution in [1.82, 2.24) is 19.7 Å². The van der Waals surface area contributed by atoms with Gasteiger partial charge in [0.1, 0.15) is 0 Å². The van der Waals surface area contributed by atoms with Gasteiger partial charge in [0.05, 0.1) is 6.54 Å². The van der Waals surface area contributed by atoms with Crippen LogP contribution in [0.1, 0.15) is 12.7 Å². The number of hydrogen-bond acceptors (Lipinski definition) is 4. The molecule has 0 saturated carbocycles. The molecule has 3 rings (SSSR count). The number of aromatic nitrogens is 3. The summed E-state index contributed by atoms with van der Waals surface area (Å²) >= 11 is 0. The van der Waals surface area contributed by atoms with Crippen molar-refractivity contribution in [3.8, 4) is 11.4 Å². The van der Waals surface area contributed by atoms with Gasteiger partial charge in [-0.2, -0.15) is 13.2 Å². The predicted octanol–water partition coefficient (Wildman–Crippen LogP) is 1.60. The number of rotatable bonds is 2. The Labute approximate surface area is 135 Å². The number of aliphatic hydroxyl groups is 1. The molecule has 2 aromatic rings. The first-order valence-electron chi connectivity index (χ1n) is 7.28. The fraction of sp³-hybridized carbons (Fsp3) is 0.400. The zero-order valence-electron chi connectivity index (χ0n) is 12.8. The molecule has 128 valence electrons. The number of amides is 1. The quantitative estimate of drug-likeness (QED) is 0.901. The molecule has 0 bridgehead atoms. The lowest BCUT2D eigenvalue weighted by atomic mass is 10.0. The van der Waals surface area contributed by atoms with E-state index in [4.69, 9.17) is 0 Å². The molecule has 0 aliphatic carbocycles. The first kappa shape index (κ1) is 16.4. The SMILES string of the molecule is C[C@@](O)(C(=O)N1CCn2c(nnc2-c2ccccc2)C1)C(F)(F)F. The third kappa shape index (κ3) is 2.64. The highest BCUT2D eigenvalue weighted by molar-refractivity contribution is 5.85. The van der Waals surface area contributed by atoms with Crippen LogP contribution in [0.15, 0.2) is 30.3 Å². The lowest BCUT2D eigenvalue weighted by molar-refractivity contribution is -0.250. The molecule has 9 heteroatoms. The molecule has 1 atom stereocenters. The van der Waals surface area contributed by atoms with Gasteiger partial charge in [0.2, 0.25) is 5.60 Å². The Bertz CT molecular complexity index is 756. The van der Waals surface area contributed by atoms with Crippen LogP contribution in [0, 0.1) is 0 Å². The van der Waals surface area contributed by atoms with E-state index in [0.717, 1.165) is 10.5 Å². The number of fused-ring (bicyclic) bond motifs is 1. The molecule has 1 N–H and O–H groups in total. The molecule has 1 aromatic heterocycles. The van der Waals surface area contributed by atoms with E-state index in [1.807, 2.05) is 30.3 Å². The Morgan fingerprint density at radius 3 is 2.46 bits per heavy atom. The second kappa shape index (κ2) is 5.59. The largest absolute Gasteiger partial charge is 0.426 e. The fourth-order valence-electron chi connectivity index (χ4n) is 2.56. The van der Waals surface area contributed by atoms with Crippen molar-refractivity contribution in [1.29, 1.82) is 0 Å². The molecule has 1 aliphatic rings. The summed E-state index contributed by atoms with van der Waals surface area (Å²) in [5.74, 6) is -0.405. The maximum absolute atomic E-state index is 12.8. The number of nitrogens with zero attached hydrogens (tertiary/aromatic N) is 4. The molecule has 1 aromatic carbocycles. The van der Waals surface area contributed by atoms with Crippen LogP contribution in [-0.4, -0.2) is 49.0 Å². The number of halogens is 3. The van der Waals surface area contributed by atoms with Crippen molar-refractivity contribution < 1.29 is 23.1 Å². The van der Waals surface area contributed by atoms with Gasteiger partial charge < -0.3 is 14.6 Å². The van der Waals surface area contributed by atoms with Crippen molar-refractivity contribution >= 4 is 5.91 Å². The summed E-state index contributed by atoms with van der Waals surface area (Å²) in [6.07, 6.45) is -5.04. The van der Waals surface area contributed by atoms with Gasteiger partial charge in [0.15, 0.2) is 11.6 Å². The Morgan fingerprint density at radius 2 is 1.83 bits per heavy atom. The zero-order valence-corrected chi connectivity index (χ0v) is 12.8. The molecular formula is C15H15F3N4O2. The molecule has 0 saturated heterocycles. The first-order chi connectivity index (χ1) is 11.2. The van der Waals surface area contributed by atoms with Crippen molar-refractivity contribution in [2.24, 2.45) is 0 Å². The van der Waals surface area contributed by atoms with E-state index in [-0.39, 0.29) is 19.6 Å². The Balaban J connectivity index is 1.84. The highest BCUT2D eigenvalue weighted by atomic mass is 19.4. The topological polar surface area (TPSA) is 71.2 Å². The molecule has 24 heavy (non-hydrogen) atoms. The van der Waals surface area contributed by atoms with Gasteiger partial charge in [-0.25, -0.2) is 0 Å². The monoisotopic (exact) mass is 340 g/mol. The number of alkyl halides is 3. The minimum absolute atomic E-state index is 0.0376. The first-order valence-corrected chi connectivity index (χ1v) is 7.28. The average Bonchev–Trinajstić information content (AvgIpc) is 2.97. The highest BCUT2D eigenvalue weighted by Gasteiger charge is 2.57. The van der Waals surface area contributed by atoms with Crippen LogP contribution in [-0.2, 0) is 17.9 Å².